The van der Waals surface area contributed by atoms with E-state index >= 15 is 0 Å². The molecule has 2 saturated carbocycles. The molecule has 2 aliphatic carbocycles. The highest BCUT2D eigenvalue weighted by Gasteiger charge is 2.61. The summed E-state index contributed by atoms with van der Waals surface area (Å²) in [5.41, 5.74) is 0.456. The molecule has 2 aromatic carbocycles. The zero-order valence-electron chi connectivity index (χ0n) is 24.0. The van der Waals surface area contributed by atoms with E-state index in [2.05, 4.69) is 4.90 Å². The van der Waals surface area contributed by atoms with Gasteiger partial charge >= 0.3 is 11.9 Å². The average molecular weight is 602 g/mol. The molecule has 1 saturated heterocycles. The van der Waals surface area contributed by atoms with E-state index < -0.39 is 11.0 Å². The van der Waals surface area contributed by atoms with Crippen molar-refractivity contribution >= 4 is 41.0 Å². The zero-order chi connectivity index (χ0) is 29.4. The second kappa shape index (κ2) is 11.9. The lowest BCUT2D eigenvalue weighted by atomic mass is 9.55. The van der Waals surface area contributed by atoms with E-state index in [1.54, 1.807) is 18.2 Å². The van der Waals surface area contributed by atoms with Crippen LogP contribution in [0.15, 0.2) is 42.5 Å². The second-order valence-electron chi connectivity index (χ2n) is 12.0. The number of hydrogen-bond acceptors (Lipinski definition) is 6. The molecule has 0 radical (unpaired) electrons. The molecule has 0 unspecified atom stereocenters. The molecule has 3 aliphatic rings. The molecule has 1 heterocycles. The summed E-state index contributed by atoms with van der Waals surface area (Å²) in [6.45, 7) is 5.39. The van der Waals surface area contributed by atoms with Crippen LogP contribution >= 0.6 is 23.2 Å². The van der Waals surface area contributed by atoms with Gasteiger partial charge in [-0.3, -0.25) is 19.3 Å². The van der Waals surface area contributed by atoms with Gasteiger partial charge in [-0.25, -0.2) is 0 Å². The molecule has 1 amide bonds. The van der Waals surface area contributed by atoms with Crippen molar-refractivity contribution in [1.29, 1.82) is 0 Å². The Morgan fingerprint density at radius 3 is 2.46 bits per heavy atom. The second-order valence-corrected chi connectivity index (χ2v) is 12.9. The Bertz CT molecular complexity index is 1330. The number of carbonyl (C=O) groups is 3. The van der Waals surface area contributed by atoms with Gasteiger partial charge in [-0.1, -0.05) is 41.4 Å². The molecule has 0 bridgehead atoms. The fourth-order valence-corrected chi connectivity index (χ4v) is 7.31. The summed E-state index contributed by atoms with van der Waals surface area (Å²) in [5, 5.41) is 0.879. The molecule has 2 aromatic rings. The van der Waals surface area contributed by atoms with Crippen LogP contribution in [0.2, 0.25) is 10.0 Å². The van der Waals surface area contributed by atoms with E-state index in [0.29, 0.717) is 47.5 Å². The van der Waals surface area contributed by atoms with Crippen LogP contribution in [0.5, 0.6) is 5.75 Å². The van der Waals surface area contributed by atoms with Crippen molar-refractivity contribution in [1.82, 2.24) is 9.80 Å². The van der Waals surface area contributed by atoms with Crippen LogP contribution in [0.3, 0.4) is 0 Å². The number of amides is 1. The first-order valence-corrected chi connectivity index (χ1v) is 15.2. The van der Waals surface area contributed by atoms with E-state index in [9.17, 15) is 14.4 Å². The first-order valence-electron chi connectivity index (χ1n) is 14.4. The van der Waals surface area contributed by atoms with E-state index in [4.69, 9.17) is 32.7 Å². The van der Waals surface area contributed by atoms with Crippen LogP contribution < -0.4 is 4.74 Å². The van der Waals surface area contributed by atoms with Crippen LogP contribution in [0.25, 0.3) is 0 Å². The lowest BCUT2D eigenvalue weighted by molar-refractivity contribution is -0.190. The number of piperidine rings is 1. The fourth-order valence-electron chi connectivity index (χ4n) is 6.99. The average Bonchev–Trinajstić information content (AvgIpc) is 3.73. The molecule has 41 heavy (non-hydrogen) atoms. The summed E-state index contributed by atoms with van der Waals surface area (Å²) in [4.78, 5) is 42.3. The third kappa shape index (κ3) is 6.42. The van der Waals surface area contributed by atoms with Crippen molar-refractivity contribution in [3.8, 4) is 5.75 Å². The Morgan fingerprint density at radius 1 is 1.00 bits per heavy atom. The number of rotatable bonds is 8. The smallest absolute Gasteiger partial charge is 0.308 e. The monoisotopic (exact) mass is 600 g/mol. The van der Waals surface area contributed by atoms with Crippen molar-refractivity contribution in [2.45, 2.75) is 75.9 Å². The van der Waals surface area contributed by atoms with Crippen molar-refractivity contribution in [3.63, 3.8) is 0 Å². The molecule has 5 rings (SSSR count). The molecular weight excluding hydrogens is 563 g/mol. The van der Waals surface area contributed by atoms with E-state index in [1.807, 2.05) is 36.2 Å². The number of likely N-dealkylation sites (tertiary alicyclic amines) is 1. The van der Waals surface area contributed by atoms with Gasteiger partial charge in [0.1, 0.15) is 11.4 Å². The summed E-state index contributed by atoms with van der Waals surface area (Å²) >= 11 is 12.3. The Balaban J connectivity index is 1.48. The normalized spacial score (nSPS) is 26.1. The summed E-state index contributed by atoms with van der Waals surface area (Å²) in [7, 11) is 1.86. The van der Waals surface area contributed by atoms with Crippen molar-refractivity contribution < 1.29 is 23.9 Å². The number of likely N-dealkylation sites (N-methyl/N-ethyl adjacent to an activating group) is 1. The SMILES string of the molecule is CC(=O)Oc1cccc([C@@]23CCN(CC4CC4)C[C@@]2(OC(C)=O)CC[C@@H](N(C)C(=O)Cc2ccc(Cl)c(Cl)c2)C3)c1. The maximum Gasteiger partial charge on any atom is 0.308 e. The lowest BCUT2D eigenvalue weighted by Gasteiger charge is -2.60. The van der Waals surface area contributed by atoms with Gasteiger partial charge in [0.25, 0.3) is 0 Å². The number of halogens is 2. The summed E-state index contributed by atoms with van der Waals surface area (Å²) in [6.07, 6.45) is 5.44. The molecule has 9 heteroatoms. The van der Waals surface area contributed by atoms with Gasteiger partial charge in [-0.15, -0.1) is 0 Å². The summed E-state index contributed by atoms with van der Waals surface area (Å²) in [6, 6.07) is 12.8. The van der Waals surface area contributed by atoms with Crippen molar-refractivity contribution in [2.24, 2.45) is 5.92 Å². The molecule has 1 aliphatic heterocycles. The van der Waals surface area contributed by atoms with Crippen molar-refractivity contribution in [3.05, 3.63) is 63.6 Å². The van der Waals surface area contributed by atoms with Gasteiger partial charge in [-0.05, 0) is 86.4 Å². The first kappa shape index (κ1) is 29.9. The lowest BCUT2D eigenvalue weighted by Crippen LogP contribution is -2.68. The maximum atomic E-state index is 13.5. The minimum Gasteiger partial charge on any atom is -0.457 e. The van der Waals surface area contributed by atoms with Crippen molar-refractivity contribution in [2.75, 3.05) is 26.7 Å². The Hall–Kier alpha value is -2.61. The number of benzene rings is 2. The molecule has 3 fully saturated rings. The summed E-state index contributed by atoms with van der Waals surface area (Å²) < 4.78 is 11.9. The van der Waals surface area contributed by atoms with Crippen LogP contribution in [0.4, 0.5) is 0 Å². The first-order chi connectivity index (χ1) is 19.5. The molecule has 0 spiro atoms. The Morgan fingerprint density at radius 2 is 1.78 bits per heavy atom. The van der Waals surface area contributed by atoms with Gasteiger partial charge in [0.15, 0.2) is 0 Å². The molecule has 0 aromatic heterocycles. The van der Waals surface area contributed by atoms with Crippen LogP contribution in [-0.2, 0) is 31.0 Å². The van der Waals surface area contributed by atoms with Crippen LogP contribution in [0, 0.1) is 5.92 Å². The summed E-state index contributed by atoms with van der Waals surface area (Å²) in [5.74, 6) is 0.474. The third-order valence-electron chi connectivity index (χ3n) is 9.15. The number of fused-ring (bicyclic) bond motifs is 1. The van der Waals surface area contributed by atoms with Gasteiger partial charge in [0, 0.05) is 45.4 Å². The van der Waals surface area contributed by atoms with Gasteiger partial charge in [-0.2, -0.15) is 0 Å². The van der Waals surface area contributed by atoms with E-state index in [0.717, 1.165) is 30.6 Å². The predicted octanol–water partition coefficient (Wildman–Crippen LogP) is 5.83. The van der Waals surface area contributed by atoms with Crippen LogP contribution in [0.1, 0.15) is 63.5 Å². The largest absolute Gasteiger partial charge is 0.457 e. The number of nitrogens with zero attached hydrogens (tertiary/aromatic N) is 2. The number of hydrogen-bond donors (Lipinski definition) is 0. The molecular formula is C32H38Cl2N2O5. The highest BCUT2D eigenvalue weighted by Crippen LogP contribution is 2.55. The fraction of sp³-hybridized carbons (Fsp3) is 0.531. The number of ether oxygens (including phenoxy) is 2. The van der Waals surface area contributed by atoms with Crippen LogP contribution in [-0.4, -0.2) is 66.0 Å². The van der Waals surface area contributed by atoms with E-state index in [1.165, 1.54) is 26.7 Å². The highest BCUT2D eigenvalue weighted by molar-refractivity contribution is 6.42. The minimum absolute atomic E-state index is 0.0108. The standard InChI is InChI=1S/C32H38Cl2N2O5/c1-21(37)40-27-6-4-5-25(17-27)31-13-14-36(19-23-7-8-23)20-32(31,41-22(2)38)12-11-26(18-31)35(3)30(39)16-24-9-10-28(33)29(34)15-24/h4-6,9-10,15,17,23,26H,7-8,11-14,16,18-20H2,1-3H3/t26-,31+,32+/m1/s1. The molecule has 7 nitrogen and oxygen atoms in total. The van der Waals surface area contributed by atoms with Gasteiger partial charge in [0.05, 0.1) is 16.5 Å². The van der Waals surface area contributed by atoms with Gasteiger partial charge in [0.2, 0.25) is 5.91 Å². The Kier molecular flexibility index (Phi) is 8.70. The third-order valence-corrected chi connectivity index (χ3v) is 9.89. The quantitative estimate of drug-likeness (QED) is 0.280. The molecule has 0 N–H and O–H groups in total. The molecule has 220 valence electrons. The predicted molar refractivity (Wildman–Crippen MR) is 158 cm³/mol. The minimum atomic E-state index is -0.759. The molecule has 3 atom stereocenters. The highest BCUT2D eigenvalue weighted by atomic mass is 35.5. The maximum absolute atomic E-state index is 13.5. The Labute approximate surface area is 252 Å². The zero-order valence-corrected chi connectivity index (χ0v) is 25.5. The number of esters is 2. The topological polar surface area (TPSA) is 76.2 Å². The number of carbonyl (C=O) groups excluding carboxylic acids is 3. The van der Waals surface area contributed by atoms with Gasteiger partial charge < -0.3 is 14.4 Å². The van der Waals surface area contributed by atoms with E-state index in [-0.39, 0.29) is 30.3 Å².